The van der Waals surface area contributed by atoms with E-state index in [0.29, 0.717) is 6.42 Å². The summed E-state index contributed by atoms with van der Waals surface area (Å²) in [6.45, 7) is 5.10. The summed E-state index contributed by atoms with van der Waals surface area (Å²) >= 11 is 0. The number of rotatable bonds is 1. The molecule has 0 aromatic rings. The lowest BCUT2D eigenvalue weighted by molar-refractivity contribution is -0.0542. The molecule has 0 saturated heterocycles. The molecule has 0 heterocycles. The molecule has 3 atom stereocenters. The monoisotopic (exact) mass is 186 g/mol. The summed E-state index contributed by atoms with van der Waals surface area (Å²) in [7, 11) is 0. The standard InChI is InChI=1S/C10H18O3/c1-6-4-9(12)7(5-8(6)11)10(2,3)13/h4,7-9,11-13H,5H2,1-3H3/t7-,8-,9+/m1/s1. The van der Waals surface area contributed by atoms with Crippen LogP contribution in [0.1, 0.15) is 27.2 Å². The molecule has 0 fully saturated rings. The van der Waals surface area contributed by atoms with E-state index in [9.17, 15) is 15.3 Å². The zero-order chi connectivity index (χ0) is 10.2. The molecule has 0 amide bonds. The smallest absolute Gasteiger partial charge is 0.0780 e. The zero-order valence-electron chi connectivity index (χ0n) is 8.36. The van der Waals surface area contributed by atoms with Gasteiger partial charge in [-0.25, -0.2) is 0 Å². The molecule has 0 aromatic carbocycles. The largest absolute Gasteiger partial charge is 0.390 e. The highest BCUT2D eigenvalue weighted by atomic mass is 16.3. The summed E-state index contributed by atoms with van der Waals surface area (Å²) in [6, 6.07) is 0. The number of hydrogen-bond donors (Lipinski definition) is 3. The summed E-state index contributed by atoms with van der Waals surface area (Å²) < 4.78 is 0. The third-order valence-electron chi connectivity index (χ3n) is 2.76. The van der Waals surface area contributed by atoms with Gasteiger partial charge in [0.25, 0.3) is 0 Å². The second kappa shape index (κ2) is 3.40. The molecule has 0 saturated carbocycles. The van der Waals surface area contributed by atoms with E-state index in [1.165, 1.54) is 0 Å². The maximum Gasteiger partial charge on any atom is 0.0780 e. The van der Waals surface area contributed by atoms with Crippen molar-refractivity contribution in [1.29, 1.82) is 0 Å². The predicted octanol–water partition coefficient (Wildman–Crippen LogP) is 0.445. The van der Waals surface area contributed by atoms with Gasteiger partial charge in [-0.1, -0.05) is 6.08 Å². The minimum Gasteiger partial charge on any atom is -0.390 e. The first kappa shape index (κ1) is 10.7. The fraction of sp³-hybridized carbons (Fsp3) is 0.800. The second-order valence-corrected chi connectivity index (χ2v) is 4.41. The molecule has 1 rings (SSSR count). The highest BCUT2D eigenvalue weighted by molar-refractivity contribution is 5.15. The van der Waals surface area contributed by atoms with Crippen molar-refractivity contribution in [3.63, 3.8) is 0 Å². The third kappa shape index (κ3) is 2.30. The van der Waals surface area contributed by atoms with Gasteiger partial charge in [-0.05, 0) is 32.8 Å². The molecule has 0 aliphatic heterocycles. The van der Waals surface area contributed by atoms with Gasteiger partial charge in [0.2, 0.25) is 0 Å². The maximum atomic E-state index is 9.72. The Morgan fingerprint density at radius 1 is 1.38 bits per heavy atom. The second-order valence-electron chi connectivity index (χ2n) is 4.41. The van der Waals surface area contributed by atoms with Crippen molar-refractivity contribution in [3.05, 3.63) is 11.6 Å². The van der Waals surface area contributed by atoms with Crippen LogP contribution in [0.3, 0.4) is 0 Å². The quantitative estimate of drug-likeness (QED) is 0.521. The van der Waals surface area contributed by atoms with Crippen LogP contribution in [0.2, 0.25) is 0 Å². The van der Waals surface area contributed by atoms with Crippen molar-refractivity contribution >= 4 is 0 Å². The van der Waals surface area contributed by atoms with Crippen molar-refractivity contribution in [2.45, 2.75) is 45.0 Å². The normalized spacial score (nSPS) is 35.8. The van der Waals surface area contributed by atoms with E-state index in [0.717, 1.165) is 5.57 Å². The summed E-state index contributed by atoms with van der Waals surface area (Å²) in [5.41, 5.74) is -0.162. The molecule has 3 N–H and O–H groups in total. The van der Waals surface area contributed by atoms with Crippen LogP contribution in [-0.2, 0) is 0 Å². The van der Waals surface area contributed by atoms with E-state index in [1.54, 1.807) is 26.8 Å². The van der Waals surface area contributed by atoms with Gasteiger partial charge in [0, 0.05) is 5.92 Å². The van der Waals surface area contributed by atoms with Gasteiger partial charge in [-0.2, -0.15) is 0 Å². The summed E-state index contributed by atoms with van der Waals surface area (Å²) in [4.78, 5) is 0. The lowest BCUT2D eigenvalue weighted by Gasteiger charge is -2.37. The first-order valence-corrected chi connectivity index (χ1v) is 4.59. The lowest BCUT2D eigenvalue weighted by atomic mass is 9.77. The lowest BCUT2D eigenvalue weighted by Crippen LogP contribution is -2.43. The van der Waals surface area contributed by atoms with Crippen molar-refractivity contribution in [3.8, 4) is 0 Å². The van der Waals surface area contributed by atoms with Gasteiger partial charge in [0.1, 0.15) is 0 Å². The van der Waals surface area contributed by atoms with Crippen LogP contribution in [0.25, 0.3) is 0 Å². The molecule has 0 radical (unpaired) electrons. The van der Waals surface area contributed by atoms with Gasteiger partial charge in [0.05, 0.1) is 17.8 Å². The number of hydrogen-bond acceptors (Lipinski definition) is 3. The molecule has 76 valence electrons. The summed E-state index contributed by atoms with van der Waals surface area (Å²) in [5, 5.41) is 28.9. The Morgan fingerprint density at radius 2 is 1.92 bits per heavy atom. The van der Waals surface area contributed by atoms with Crippen LogP contribution in [0, 0.1) is 5.92 Å². The fourth-order valence-electron chi connectivity index (χ4n) is 1.77. The van der Waals surface area contributed by atoms with E-state index in [-0.39, 0.29) is 5.92 Å². The summed E-state index contributed by atoms with van der Waals surface area (Å²) in [5.74, 6) is -0.286. The molecule has 0 spiro atoms. The Bertz CT molecular complexity index is 215. The molecule has 3 heteroatoms. The van der Waals surface area contributed by atoms with Gasteiger partial charge in [-0.15, -0.1) is 0 Å². The third-order valence-corrected chi connectivity index (χ3v) is 2.76. The van der Waals surface area contributed by atoms with Crippen LogP contribution in [-0.4, -0.2) is 33.1 Å². The topological polar surface area (TPSA) is 60.7 Å². The zero-order valence-corrected chi connectivity index (χ0v) is 8.36. The molecule has 0 bridgehead atoms. The molecule has 13 heavy (non-hydrogen) atoms. The van der Waals surface area contributed by atoms with Crippen molar-refractivity contribution < 1.29 is 15.3 Å². The minimum atomic E-state index is -0.947. The van der Waals surface area contributed by atoms with Gasteiger partial charge < -0.3 is 15.3 Å². The first-order chi connectivity index (χ1) is 5.82. The highest BCUT2D eigenvalue weighted by Crippen LogP contribution is 2.32. The molecule has 0 unspecified atom stereocenters. The molecular weight excluding hydrogens is 168 g/mol. The molecular formula is C10H18O3. The van der Waals surface area contributed by atoms with E-state index in [2.05, 4.69) is 0 Å². The predicted molar refractivity (Wildman–Crippen MR) is 50.2 cm³/mol. The molecule has 0 aromatic heterocycles. The molecule has 3 nitrogen and oxygen atoms in total. The van der Waals surface area contributed by atoms with E-state index < -0.39 is 17.8 Å². The Labute approximate surface area is 78.7 Å². The SMILES string of the molecule is CC1=C[C@H](O)[C@H](C(C)(C)O)C[C@H]1O. The first-order valence-electron chi connectivity index (χ1n) is 4.59. The van der Waals surface area contributed by atoms with E-state index >= 15 is 0 Å². The van der Waals surface area contributed by atoms with Crippen LogP contribution in [0.5, 0.6) is 0 Å². The Hall–Kier alpha value is -0.380. The van der Waals surface area contributed by atoms with Gasteiger partial charge in [0.15, 0.2) is 0 Å². The van der Waals surface area contributed by atoms with E-state index in [4.69, 9.17) is 0 Å². The molecule has 1 aliphatic rings. The Balaban J connectivity index is 2.82. The van der Waals surface area contributed by atoms with Gasteiger partial charge >= 0.3 is 0 Å². The van der Waals surface area contributed by atoms with Gasteiger partial charge in [-0.3, -0.25) is 0 Å². The Kier molecular flexibility index (Phi) is 2.80. The maximum absolute atomic E-state index is 9.72. The van der Waals surface area contributed by atoms with Crippen molar-refractivity contribution in [1.82, 2.24) is 0 Å². The van der Waals surface area contributed by atoms with Crippen LogP contribution in [0.15, 0.2) is 11.6 Å². The van der Waals surface area contributed by atoms with Crippen LogP contribution < -0.4 is 0 Å². The highest BCUT2D eigenvalue weighted by Gasteiger charge is 2.36. The van der Waals surface area contributed by atoms with Crippen LogP contribution >= 0.6 is 0 Å². The number of aliphatic hydroxyl groups excluding tert-OH is 2. The minimum absolute atomic E-state index is 0.286. The summed E-state index contributed by atoms with van der Waals surface area (Å²) in [6.07, 6.45) is 0.868. The average Bonchev–Trinajstić information content (AvgIpc) is 1.94. The van der Waals surface area contributed by atoms with Crippen molar-refractivity contribution in [2.24, 2.45) is 5.92 Å². The van der Waals surface area contributed by atoms with E-state index in [1.807, 2.05) is 0 Å². The van der Waals surface area contributed by atoms with Crippen molar-refractivity contribution in [2.75, 3.05) is 0 Å². The van der Waals surface area contributed by atoms with Crippen LogP contribution in [0.4, 0.5) is 0 Å². The average molecular weight is 186 g/mol. The fourth-order valence-corrected chi connectivity index (χ4v) is 1.77. The number of aliphatic hydroxyl groups is 3. The molecule has 1 aliphatic carbocycles. The Morgan fingerprint density at radius 3 is 2.38 bits per heavy atom.